The van der Waals surface area contributed by atoms with Gasteiger partial charge in [0.05, 0.1) is 47.8 Å². The Kier molecular flexibility index (Phi) is 6.80. The molecule has 0 saturated carbocycles. The van der Waals surface area contributed by atoms with Gasteiger partial charge >= 0.3 is 0 Å². The maximum absolute atomic E-state index is 13.2. The first-order valence-electron chi connectivity index (χ1n) is 10.8. The molecule has 2 heterocycles. The van der Waals surface area contributed by atoms with E-state index in [9.17, 15) is 13.2 Å². The van der Waals surface area contributed by atoms with Crippen molar-refractivity contribution < 1.29 is 27.1 Å². The van der Waals surface area contributed by atoms with Gasteiger partial charge < -0.3 is 24.1 Å². The molecule has 1 fully saturated rings. The molecule has 0 aliphatic carbocycles. The van der Waals surface area contributed by atoms with Crippen molar-refractivity contribution in [2.45, 2.75) is 18.7 Å². The Morgan fingerprint density at radius 1 is 1.03 bits per heavy atom. The summed E-state index contributed by atoms with van der Waals surface area (Å²) in [6, 6.07) is 13.1. The number of anilines is 3. The highest BCUT2D eigenvalue weighted by molar-refractivity contribution is 7.92. The van der Waals surface area contributed by atoms with Crippen LogP contribution in [0.5, 0.6) is 5.75 Å². The van der Waals surface area contributed by atoms with Gasteiger partial charge in [-0.1, -0.05) is 12.1 Å². The summed E-state index contributed by atoms with van der Waals surface area (Å²) in [6.45, 7) is 5.81. The number of carbonyl (C=O) groups is 1. The van der Waals surface area contributed by atoms with E-state index in [0.717, 1.165) is 0 Å². The number of rotatable bonds is 7. The zero-order valence-corrected chi connectivity index (χ0v) is 20.1. The molecular weight excluding hydrogens is 458 g/mol. The molecule has 10 heteroatoms. The second kappa shape index (κ2) is 9.78. The van der Waals surface area contributed by atoms with E-state index in [4.69, 9.17) is 13.9 Å². The molecule has 0 atom stereocenters. The van der Waals surface area contributed by atoms with Gasteiger partial charge in [-0.05, 0) is 50.2 Å². The normalized spacial score (nSPS) is 14.0. The summed E-state index contributed by atoms with van der Waals surface area (Å²) in [5.41, 5.74) is 1.81. The Bertz CT molecular complexity index is 1300. The molecule has 0 bridgehead atoms. The second-order valence-corrected chi connectivity index (χ2v) is 9.55. The van der Waals surface area contributed by atoms with Gasteiger partial charge in [-0.25, -0.2) is 8.42 Å². The summed E-state index contributed by atoms with van der Waals surface area (Å²) in [6.07, 6.45) is 0. The summed E-state index contributed by atoms with van der Waals surface area (Å²) >= 11 is 0. The molecule has 4 rings (SSSR count). The molecule has 9 nitrogen and oxygen atoms in total. The van der Waals surface area contributed by atoms with Crippen LogP contribution in [0.25, 0.3) is 0 Å². The minimum atomic E-state index is -3.96. The standard InChI is InChI=1S/C24H27N3O6S/c1-16-14-19(17(2)33-16)24(28)25-21-15-18(8-9-22(21)27-10-12-32-13-11-27)34(29,30)26-20-6-4-5-7-23(20)31-3/h4-9,14-15,26H,10-13H2,1-3H3,(H,25,28). The molecule has 0 spiro atoms. The molecule has 3 aromatic rings. The van der Waals surface area contributed by atoms with Crippen LogP contribution < -0.4 is 19.7 Å². The highest BCUT2D eigenvalue weighted by atomic mass is 32.2. The van der Waals surface area contributed by atoms with E-state index in [1.807, 2.05) is 0 Å². The number of nitrogens with zero attached hydrogens (tertiary/aromatic N) is 1. The SMILES string of the molecule is COc1ccccc1NS(=O)(=O)c1ccc(N2CCOCC2)c(NC(=O)c2cc(C)oc2C)c1. The highest BCUT2D eigenvalue weighted by Crippen LogP contribution is 2.32. The van der Waals surface area contributed by atoms with Crippen LogP contribution in [0.4, 0.5) is 17.1 Å². The van der Waals surface area contributed by atoms with E-state index >= 15 is 0 Å². The third-order valence-corrected chi connectivity index (χ3v) is 6.88. The number of sulfonamides is 1. The number of morpholine rings is 1. The lowest BCUT2D eigenvalue weighted by molar-refractivity contribution is 0.102. The van der Waals surface area contributed by atoms with E-state index in [1.54, 1.807) is 50.2 Å². The first-order chi connectivity index (χ1) is 16.3. The Morgan fingerprint density at radius 3 is 2.44 bits per heavy atom. The number of nitrogens with one attached hydrogen (secondary N) is 2. The van der Waals surface area contributed by atoms with Gasteiger partial charge in [-0.3, -0.25) is 9.52 Å². The van der Waals surface area contributed by atoms with Gasteiger partial charge in [0.1, 0.15) is 17.3 Å². The summed E-state index contributed by atoms with van der Waals surface area (Å²) in [5, 5.41) is 2.88. The first-order valence-corrected chi connectivity index (χ1v) is 12.3. The number of carbonyl (C=O) groups excluding carboxylic acids is 1. The lowest BCUT2D eigenvalue weighted by Gasteiger charge is -2.30. The predicted octanol–water partition coefficient (Wildman–Crippen LogP) is 3.79. The van der Waals surface area contributed by atoms with Crippen LogP contribution in [0, 0.1) is 13.8 Å². The summed E-state index contributed by atoms with van der Waals surface area (Å²) in [5.74, 6) is 1.13. The van der Waals surface area contributed by atoms with Gasteiger partial charge in [0.25, 0.3) is 15.9 Å². The van der Waals surface area contributed by atoms with Crippen molar-refractivity contribution in [3.63, 3.8) is 0 Å². The summed E-state index contributed by atoms with van der Waals surface area (Å²) in [7, 11) is -2.49. The van der Waals surface area contributed by atoms with Crippen LogP contribution in [-0.2, 0) is 14.8 Å². The number of furan rings is 1. The largest absolute Gasteiger partial charge is 0.495 e. The number of hydrogen-bond donors (Lipinski definition) is 2. The third kappa shape index (κ3) is 5.02. The second-order valence-electron chi connectivity index (χ2n) is 7.87. The maximum atomic E-state index is 13.2. The van der Waals surface area contributed by atoms with Gasteiger partial charge in [-0.2, -0.15) is 0 Å². The van der Waals surface area contributed by atoms with Crippen LogP contribution in [-0.4, -0.2) is 47.7 Å². The van der Waals surface area contributed by atoms with Crippen LogP contribution in [0.1, 0.15) is 21.9 Å². The highest BCUT2D eigenvalue weighted by Gasteiger charge is 2.23. The van der Waals surface area contributed by atoms with Crippen molar-refractivity contribution in [2.75, 3.05) is 48.4 Å². The molecule has 1 aliphatic rings. The third-order valence-electron chi connectivity index (χ3n) is 5.52. The molecule has 0 unspecified atom stereocenters. The molecule has 1 amide bonds. The predicted molar refractivity (Wildman–Crippen MR) is 129 cm³/mol. The van der Waals surface area contributed by atoms with Gasteiger partial charge in [-0.15, -0.1) is 0 Å². The fourth-order valence-corrected chi connectivity index (χ4v) is 4.94. The van der Waals surface area contributed by atoms with Crippen molar-refractivity contribution in [1.82, 2.24) is 0 Å². The Balaban J connectivity index is 1.70. The first kappa shape index (κ1) is 23.7. The monoisotopic (exact) mass is 485 g/mol. The van der Waals surface area contributed by atoms with Gasteiger partial charge in [0.15, 0.2) is 0 Å². The van der Waals surface area contributed by atoms with Gasteiger partial charge in [0.2, 0.25) is 0 Å². The van der Waals surface area contributed by atoms with Crippen LogP contribution >= 0.6 is 0 Å². The quantitative estimate of drug-likeness (QED) is 0.524. The average molecular weight is 486 g/mol. The van der Waals surface area contributed by atoms with E-state index in [2.05, 4.69) is 14.9 Å². The van der Waals surface area contributed by atoms with E-state index < -0.39 is 10.0 Å². The Labute approximate surface area is 198 Å². The van der Waals surface area contributed by atoms with Crippen LogP contribution in [0.15, 0.2) is 57.8 Å². The molecule has 1 saturated heterocycles. The minimum absolute atomic E-state index is 0.00538. The van der Waals surface area contributed by atoms with Gasteiger partial charge in [0, 0.05) is 13.1 Å². The smallest absolute Gasteiger partial charge is 0.262 e. The molecule has 1 aliphatic heterocycles. The van der Waals surface area contributed by atoms with Crippen LogP contribution in [0.3, 0.4) is 0 Å². The Morgan fingerprint density at radius 2 is 1.76 bits per heavy atom. The maximum Gasteiger partial charge on any atom is 0.262 e. The zero-order chi connectivity index (χ0) is 24.3. The number of amides is 1. The minimum Gasteiger partial charge on any atom is -0.495 e. The molecule has 2 N–H and O–H groups in total. The molecule has 0 radical (unpaired) electrons. The summed E-state index contributed by atoms with van der Waals surface area (Å²) < 4.78 is 45.1. The van der Waals surface area contributed by atoms with Crippen LogP contribution in [0.2, 0.25) is 0 Å². The topological polar surface area (TPSA) is 110 Å². The molecule has 34 heavy (non-hydrogen) atoms. The summed E-state index contributed by atoms with van der Waals surface area (Å²) in [4.78, 5) is 15.1. The fourth-order valence-electron chi connectivity index (χ4n) is 3.84. The molecule has 2 aromatic carbocycles. The van der Waals surface area contributed by atoms with Crippen molar-refractivity contribution in [2.24, 2.45) is 0 Å². The molecular formula is C24H27N3O6S. The number of methoxy groups -OCH3 is 1. The van der Waals surface area contributed by atoms with E-state index in [1.165, 1.54) is 19.2 Å². The lowest BCUT2D eigenvalue weighted by atomic mass is 10.2. The van der Waals surface area contributed by atoms with Crippen molar-refractivity contribution in [3.05, 3.63) is 65.6 Å². The Hall–Kier alpha value is -3.50. The van der Waals surface area contributed by atoms with Crippen molar-refractivity contribution >= 4 is 33.0 Å². The number of benzene rings is 2. The van der Waals surface area contributed by atoms with Crippen molar-refractivity contribution in [1.29, 1.82) is 0 Å². The van der Waals surface area contributed by atoms with E-state index in [-0.39, 0.29) is 10.8 Å². The number of para-hydroxylation sites is 2. The lowest BCUT2D eigenvalue weighted by Crippen LogP contribution is -2.36. The number of ether oxygens (including phenoxy) is 2. The zero-order valence-electron chi connectivity index (χ0n) is 19.3. The van der Waals surface area contributed by atoms with Crippen molar-refractivity contribution in [3.8, 4) is 5.75 Å². The number of aryl methyl sites for hydroxylation is 2. The molecule has 180 valence electrons. The fraction of sp³-hybridized carbons (Fsp3) is 0.292. The number of hydrogen-bond acceptors (Lipinski definition) is 7. The van der Waals surface area contributed by atoms with E-state index in [0.29, 0.717) is 66.2 Å². The average Bonchev–Trinajstić information content (AvgIpc) is 3.17. The molecule has 1 aromatic heterocycles.